The molecule has 2 aliphatic heterocycles. The van der Waals surface area contributed by atoms with Gasteiger partial charge in [-0.2, -0.15) is 0 Å². The molecule has 36 heavy (non-hydrogen) atoms. The predicted molar refractivity (Wildman–Crippen MR) is 137 cm³/mol. The summed E-state index contributed by atoms with van der Waals surface area (Å²) in [5.41, 5.74) is 2.07. The van der Waals surface area contributed by atoms with Gasteiger partial charge in [0.05, 0.1) is 36.0 Å². The molecular formula is C26H32N4O6. The first kappa shape index (κ1) is 25.4. The molecule has 2 aromatic rings. The third-order valence-electron chi connectivity index (χ3n) is 6.66. The zero-order valence-electron chi connectivity index (χ0n) is 20.7. The Morgan fingerprint density at radius 2 is 1.72 bits per heavy atom. The monoisotopic (exact) mass is 496 g/mol. The number of carbonyl (C=O) groups is 2. The second-order valence-corrected chi connectivity index (χ2v) is 9.14. The number of hydrogen-bond donors (Lipinski definition) is 1. The molecule has 2 saturated heterocycles. The van der Waals surface area contributed by atoms with Crippen molar-refractivity contribution >= 4 is 34.6 Å². The average molecular weight is 497 g/mol. The van der Waals surface area contributed by atoms with Crippen molar-refractivity contribution in [1.29, 1.82) is 0 Å². The number of nitro groups is 1. The molecule has 10 nitrogen and oxygen atoms in total. The van der Waals surface area contributed by atoms with Crippen molar-refractivity contribution in [1.82, 2.24) is 0 Å². The Hall–Kier alpha value is -3.66. The molecular weight excluding hydrogens is 464 g/mol. The minimum atomic E-state index is -0.495. The predicted octanol–water partition coefficient (Wildman–Crippen LogP) is 4.10. The van der Waals surface area contributed by atoms with Gasteiger partial charge in [0, 0.05) is 43.5 Å². The third-order valence-corrected chi connectivity index (χ3v) is 6.66. The molecule has 0 aromatic heterocycles. The fourth-order valence-electron chi connectivity index (χ4n) is 4.60. The van der Waals surface area contributed by atoms with E-state index in [1.165, 1.54) is 6.07 Å². The number of nitrogens with zero attached hydrogens (tertiary/aromatic N) is 3. The van der Waals surface area contributed by atoms with Crippen molar-refractivity contribution in [2.24, 2.45) is 5.92 Å². The molecule has 0 unspecified atom stereocenters. The highest BCUT2D eigenvalue weighted by Gasteiger charge is 2.25. The average Bonchev–Trinajstić information content (AvgIpc) is 2.89. The van der Waals surface area contributed by atoms with Crippen LogP contribution in [-0.2, 0) is 9.47 Å². The van der Waals surface area contributed by atoms with Gasteiger partial charge in [-0.15, -0.1) is 0 Å². The Morgan fingerprint density at radius 3 is 2.39 bits per heavy atom. The second kappa shape index (κ2) is 11.4. The van der Waals surface area contributed by atoms with Crippen molar-refractivity contribution in [2.75, 3.05) is 61.1 Å². The van der Waals surface area contributed by atoms with E-state index in [0.29, 0.717) is 54.8 Å². The van der Waals surface area contributed by atoms with Crippen molar-refractivity contribution in [3.63, 3.8) is 0 Å². The van der Waals surface area contributed by atoms with Gasteiger partial charge in [-0.1, -0.05) is 6.92 Å². The van der Waals surface area contributed by atoms with Crippen LogP contribution in [-0.4, -0.2) is 62.8 Å². The van der Waals surface area contributed by atoms with Crippen LogP contribution in [0.5, 0.6) is 0 Å². The Balaban J connectivity index is 1.57. The fourth-order valence-corrected chi connectivity index (χ4v) is 4.60. The van der Waals surface area contributed by atoms with E-state index in [2.05, 4.69) is 12.2 Å². The summed E-state index contributed by atoms with van der Waals surface area (Å²) in [7, 11) is 0. The van der Waals surface area contributed by atoms with Crippen LogP contribution in [0.25, 0.3) is 0 Å². The number of carbonyl (C=O) groups excluding carboxylic acids is 2. The molecule has 0 aliphatic carbocycles. The number of amides is 1. The first-order chi connectivity index (χ1) is 17.4. The third kappa shape index (κ3) is 5.76. The molecule has 0 bridgehead atoms. The number of rotatable bonds is 7. The van der Waals surface area contributed by atoms with Crippen LogP contribution >= 0.6 is 0 Å². The lowest BCUT2D eigenvalue weighted by Gasteiger charge is -2.31. The van der Waals surface area contributed by atoms with Gasteiger partial charge in [-0.25, -0.2) is 4.79 Å². The first-order valence-electron chi connectivity index (χ1n) is 12.4. The molecule has 2 aromatic carbocycles. The number of hydrogen-bond acceptors (Lipinski definition) is 8. The van der Waals surface area contributed by atoms with Crippen LogP contribution in [0.2, 0.25) is 0 Å². The van der Waals surface area contributed by atoms with Gasteiger partial charge in [0.15, 0.2) is 0 Å². The van der Waals surface area contributed by atoms with E-state index in [9.17, 15) is 19.7 Å². The van der Waals surface area contributed by atoms with E-state index < -0.39 is 16.8 Å². The minimum Gasteiger partial charge on any atom is -0.462 e. The summed E-state index contributed by atoms with van der Waals surface area (Å²) in [6, 6.07) is 9.63. The van der Waals surface area contributed by atoms with E-state index in [1.54, 1.807) is 37.3 Å². The highest BCUT2D eigenvalue weighted by atomic mass is 16.6. The number of morpholine rings is 1. The minimum absolute atomic E-state index is 0.0907. The van der Waals surface area contributed by atoms with Crippen LogP contribution in [0.4, 0.5) is 22.7 Å². The molecule has 192 valence electrons. The number of piperidine rings is 1. The zero-order valence-corrected chi connectivity index (χ0v) is 20.7. The summed E-state index contributed by atoms with van der Waals surface area (Å²) in [5.74, 6) is -0.378. The quantitative estimate of drug-likeness (QED) is 0.346. The van der Waals surface area contributed by atoms with Crippen LogP contribution < -0.4 is 15.1 Å². The van der Waals surface area contributed by atoms with Crippen LogP contribution in [0.1, 0.15) is 47.4 Å². The number of nitrogens with one attached hydrogen (secondary N) is 1. The number of ether oxygens (including phenoxy) is 2. The van der Waals surface area contributed by atoms with Gasteiger partial charge >= 0.3 is 5.97 Å². The molecule has 2 fully saturated rings. The van der Waals surface area contributed by atoms with Crippen LogP contribution in [0.15, 0.2) is 36.4 Å². The SMILES string of the molecule is CCOC(=O)c1cc(NC(=O)c2ccc(N3CCC(C)CC3)c([N+](=O)[O-])c2)ccc1N1CCOCC1. The second-order valence-electron chi connectivity index (χ2n) is 9.14. The van der Waals surface area contributed by atoms with Gasteiger partial charge in [-0.3, -0.25) is 14.9 Å². The Labute approximate surface area is 210 Å². The van der Waals surface area contributed by atoms with Crippen LogP contribution in [0.3, 0.4) is 0 Å². The normalized spacial score (nSPS) is 16.5. The van der Waals surface area contributed by atoms with E-state index in [-0.39, 0.29) is 17.9 Å². The largest absolute Gasteiger partial charge is 0.462 e. The van der Waals surface area contributed by atoms with E-state index in [1.807, 2.05) is 9.80 Å². The van der Waals surface area contributed by atoms with Crippen molar-refractivity contribution in [3.8, 4) is 0 Å². The van der Waals surface area contributed by atoms with Crippen molar-refractivity contribution in [2.45, 2.75) is 26.7 Å². The maximum Gasteiger partial charge on any atom is 0.340 e. The summed E-state index contributed by atoms with van der Waals surface area (Å²) in [6.07, 6.45) is 1.95. The van der Waals surface area contributed by atoms with Gasteiger partial charge in [0.2, 0.25) is 0 Å². The Morgan fingerprint density at radius 1 is 1.06 bits per heavy atom. The fraction of sp³-hybridized carbons (Fsp3) is 0.462. The molecule has 0 radical (unpaired) electrons. The maximum absolute atomic E-state index is 13.0. The van der Waals surface area contributed by atoms with Crippen molar-refractivity contribution < 1.29 is 24.0 Å². The lowest BCUT2D eigenvalue weighted by molar-refractivity contribution is -0.384. The smallest absolute Gasteiger partial charge is 0.340 e. The number of nitro benzene ring substituents is 1. The molecule has 10 heteroatoms. The molecule has 4 rings (SSSR count). The molecule has 2 heterocycles. The summed E-state index contributed by atoms with van der Waals surface area (Å²) in [4.78, 5) is 41.1. The maximum atomic E-state index is 13.0. The summed E-state index contributed by atoms with van der Waals surface area (Å²) in [5, 5.41) is 14.6. The summed E-state index contributed by atoms with van der Waals surface area (Å²) >= 11 is 0. The zero-order chi connectivity index (χ0) is 25.7. The molecule has 0 saturated carbocycles. The van der Waals surface area contributed by atoms with Gasteiger partial charge in [0.25, 0.3) is 11.6 Å². The Kier molecular flexibility index (Phi) is 8.04. The Bertz CT molecular complexity index is 1120. The first-order valence-corrected chi connectivity index (χ1v) is 12.4. The molecule has 1 amide bonds. The highest BCUT2D eigenvalue weighted by Crippen LogP contribution is 2.33. The van der Waals surface area contributed by atoms with E-state index in [0.717, 1.165) is 25.9 Å². The number of anilines is 3. The summed E-state index contributed by atoms with van der Waals surface area (Å²) in [6.45, 7) is 8.05. The van der Waals surface area contributed by atoms with Gasteiger partial charge in [-0.05, 0) is 56.0 Å². The number of esters is 1. The van der Waals surface area contributed by atoms with Gasteiger partial charge < -0.3 is 24.6 Å². The van der Waals surface area contributed by atoms with E-state index in [4.69, 9.17) is 9.47 Å². The topological polar surface area (TPSA) is 114 Å². The van der Waals surface area contributed by atoms with Crippen molar-refractivity contribution in [3.05, 3.63) is 57.6 Å². The molecule has 1 N–H and O–H groups in total. The standard InChI is InChI=1S/C26H32N4O6/c1-3-36-26(32)21-17-20(5-7-22(21)29-12-14-35-15-13-29)27-25(31)19-4-6-23(24(16-19)30(33)34)28-10-8-18(2)9-11-28/h4-7,16-18H,3,8-15H2,1-2H3,(H,27,31). The van der Waals surface area contributed by atoms with E-state index >= 15 is 0 Å². The number of benzene rings is 2. The molecule has 0 atom stereocenters. The lowest BCUT2D eigenvalue weighted by atomic mass is 9.98. The lowest BCUT2D eigenvalue weighted by Crippen LogP contribution is -2.37. The highest BCUT2D eigenvalue weighted by molar-refractivity contribution is 6.06. The van der Waals surface area contributed by atoms with Gasteiger partial charge in [0.1, 0.15) is 5.69 Å². The summed E-state index contributed by atoms with van der Waals surface area (Å²) < 4.78 is 10.6. The van der Waals surface area contributed by atoms with Crippen LogP contribution in [0, 0.1) is 16.0 Å². The molecule has 2 aliphatic rings. The molecule has 0 spiro atoms.